The lowest BCUT2D eigenvalue weighted by atomic mass is 9.89. The van der Waals surface area contributed by atoms with Gasteiger partial charge in [0.25, 0.3) is 5.91 Å². The number of halogens is 2. The summed E-state index contributed by atoms with van der Waals surface area (Å²) >= 11 is 9.54. The van der Waals surface area contributed by atoms with Gasteiger partial charge in [-0.1, -0.05) is 22.0 Å². The van der Waals surface area contributed by atoms with E-state index in [1.54, 1.807) is 0 Å². The third-order valence-corrected chi connectivity index (χ3v) is 5.14. The highest BCUT2D eigenvalue weighted by Crippen LogP contribution is 2.27. The van der Waals surface area contributed by atoms with E-state index >= 15 is 0 Å². The van der Waals surface area contributed by atoms with E-state index in [0.717, 1.165) is 47.8 Å². The lowest BCUT2D eigenvalue weighted by Gasteiger charge is -2.25. The van der Waals surface area contributed by atoms with Crippen LogP contribution in [0.15, 0.2) is 22.7 Å². The van der Waals surface area contributed by atoms with Crippen molar-refractivity contribution >= 4 is 33.4 Å². The van der Waals surface area contributed by atoms with Crippen LogP contribution >= 0.6 is 27.5 Å². The summed E-state index contributed by atoms with van der Waals surface area (Å²) in [7, 11) is 0. The normalized spacial score (nSPS) is 23.1. The van der Waals surface area contributed by atoms with E-state index in [9.17, 15) is 4.79 Å². The van der Waals surface area contributed by atoms with E-state index in [4.69, 9.17) is 11.6 Å². The molecule has 0 saturated heterocycles. The molecule has 1 N–H and O–H groups in total. The molecule has 1 aromatic rings. The fraction of sp³-hybridized carbons (Fsp3) is 0.533. The number of nitrogens with one attached hydrogen (secondary N) is 1. The molecule has 0 atom stereocenters. The predicted octanol–water partition coefficient (Wildman–Crippen LogP) is 4.28. The van der Waals surface area contributed by atoms with Crippen LogP contribution < -0.4 is 5.32 Å². The van der Waals surface area contributed by atoms with Gasteiger partial charge in [0.1, 0.15) is 0 Å². The number of carbonyl (C=O) groups is 1. The largest absolute Gasteiger partial charge is 0.352 e. The van der Waals surface area contributed by atoms with Crippen molar-refractivity contribution in [2.24, 2.45) is 5.92 Å². The van der Waals surface area contributed by atoms with E-state index in [-0.39, 0.29) is 5.91 Å². The van der Waals surface area contributed by atoms with Gasteiger partial charge in [0.05, 0.1) is 0 Å². The average Bonchev–Trinajstić information content (AvgIpc) is 2.41. The van der Waals surface area contributed by atoms with Gasteiger partial charge in [-0.2, -0.15) is 0 Å². The molecule has 2 rings (SSSR count). The average molecular weight is 345 g/mol. The number of amides is 1. The second-order valence-corrected chi connectivity index (χ2v) is 6.71. The summed E-state index contributed by atoms with van der Waals surface area (Å²) in [4.78, 5) is 12.2. The van der Waals surface area contributed by atoms with E-state index in [2.05, 4.69) is 21.2 Å². The third kappa shape index (κ3) is 3.96. The van der Waals surface area contributed by atoms with Crippen molar-refractivity contribution in [2.75, 3.05) is 6.54 Å². The molecular formula is C15H19BrClNO. The number of rotatable bonds is 3. The Kier molecular flexibility index (Phi) is 5.28. The maximum Gasteiger partial charge on any atom is 0.251 e. The zero-order valence-electron chi connectivity index (χ0n) is 11.1. The molecule has 4 heteroatoms. The minimum absolute atomic E-state index is 0.0202. The summed E-state index contributed by atoms with van der Waals surface area (Å²) in [5.41, 5.74) is 1.74. The van der Waals surface area contributed by atoms with Crippen LogP contribution in [0.2, 0.25) is 0 Å². The van der Waals surface area contributed by atoms with Crippen LogP contribution in [0.3, 0.4) is 0 Å². The molecule has 0 aromatic heterocycles. The van der Waals surface area contributed by atoms with Crippen LogP contribution in [0.1, 0.15) is 41.6 Å². The lowest BCUT2D eigenvalue weighted by Crippen LogP contribution is -2.31. The van der Waals surface area contributed by atoms with Gasteiger partial charge in [-0.25, -0.2) is 0 Å². The van der Waals surface area contributed by atoms with Gasteiger partial charge < -0.3 is 5.32 Å². The minimum atomic E-state index is 0.0202. The summed E-state index contributed by atoms with van der Waals surface area (Å²) in [5.74, 6) is 0.596. The molecule has 1 aliphatic carbocycles. The zero-order valence-corrected chi connectivity index (χ0v) is 13.4. The zero-order chi connectivity index (χ0) is 13.8. The van der Waals surface area contributed by atoms with Crippen LogP contribution in [0.4, 0.5) is 0 Å². The summed E-state index contributed by atoms with van der Waals surface area (Å²) in [6.45, 7) is 2.71. The summed E-state index contributed by atoms with van der Waals surface area (Å²) < 4.78 is 0.975. The van der Waals surface area contributed by atoms with Gasteiger partial charge >= 0.3 is 0 Å². The first-order valence-electron chi connectivity index (χ1n) is 6.75. The first-order valence-corrected chi connectivity index (χ1v) is 7.98. The van der Waals surface area contributed by atoms with Crippen molar-refractivity contribution in [1.82, 2.24) is 5.32 Å². The summed E-state index contributed by atoms with van der Waals surface area (Å²) in [6, 6.07) is 5.71. The molecule has 0 unspecified atom stereocenters. The molecule has 2 nitrogen and oxygen atoms in total. The monoisotopic (exact) mass is 343 g/mol. The molecule has 0 bridgehead atoms. The predicted molar refractivity (Wildman–Crippen MR) is 82.8 cm³/mol. The third-order valence-electron chi connectivity index (χ3n) is 3.84. The van der Waals surface area contributed by atoms with E-state index < -0.39 is 0 Å². The smallest absolute Gasteiger partial charge is 0.251 e. The molecule has 0 spiro atoms. The van der Waals surface area contributed by atoms with Crippen molar-refractivity contribution in [3.05, 3.63) is 33.8 Å². The first kappa shape index (κ1) is 14.9. The van der Waals surface area contributed by atoms with Gasteiger partial charge in [0.2, 0.25) is 0 Å². The number of alkyl halides is 1. The number of carbonyl (C=O) groups excluding carboxylic acids is 1. The fourth-order valence-electron chi connectivity index (χ4n) is 2.51. The van der Waals surface area contributed by atoms with E-state index in [1.165, 1.54) is 0 Å². The summed E-state index contributed by atoms with van der Waals surface area (Å²) in [6.07, 6.45) is 4.37. The van der Waals surface area contributed by atoms with E-state index in [0.29, 0.717) is 11.3 Å². The fourth-order valence-corrected chi connectivity index (χ4v) is 3.13. The molecule has 0 aliphatic heterocycles. The SMILES string of the molecule is Cc1c(Br)cccc1C(=O)NCC1CCC(Cl)CC1. The Balaban J connectivity index is 1.89. The highest BCUT2D eigenvalue weighted by Gasteiger charge is 2.20. The Labute approximate surface area is 128 Å². The van der Waals surface area contributed by atoms with Gasteiger partial charge in [-0.15, -0.1) is 11.6 Å². The second kappa shape index (κ2) is 6.76. The number of hydrogen-bond acceptors (Lipinski definition) is 1. The Bertz CT molecular complexity index is 455. The minimum Gasteiger partial charge on any atom is -0.352 e. The molecule has 0 radical (unpaired) electrons. The maximum absolute atomic E-state index is 12.2. The van der Waals surface area contributed by atoms with Crippen LogP contribution in [0, 0.1) is 12.8 Å². The molecule has 104 valence electrons. The molecule has 0 heterocycles. The molecular weight excluding hydrogens is 326 g/mol. The van der Waals surface area contributed by atoms with Crippen LogP contribution in [0.25, 0.3) is 0 Å². The highest BCUT2D eigenvalue weighted by atomic mass is 79.9. The Morgan fingerprint density at radius 1 is 1.37 bits per heavy atom. The summed E-state index contributed by atoms with van der Waals surface area (Å²) in [5, 5.41) is 3.38. The van der Waals surface area contributed by atoms with Crippen LogP contribution in [-0.2, 0) is 0 Å². The molecule has 1 fully saturated rings. The topological polar surface area (TPSA) is 29.1 Å². The Hall–Kier alpha value is -0.540. The van der Waals surface area contributed by atoms with Crippen molar-refractivity contribution in [2.45, 2.75) is 38.0 Å². The van der Waals surface area contributed by atoms with Crippen LogP contribution in [-0.4, -0.2) is 17.8 Å². The van der Waals surface area contributed by atoms with Gasteiger partial charge in [0, 0.05) is 22.0 Å². The Morgan fingerprint density at radius 2 is 2.05 bits per heavy atom. The lowest BCUT2D eigenvalue weighted by molar-refractivity contribution is 0.0943. The van der Waals surface area contributed by atoms with Gasteiger partial charge in [0.15, 0.2) is 0 Å². The first-order chi connectivity index (χ1) is 9.08. The maximum atomic E-state index is 12.2. The van der Waals surface area contributed by atoms with Crippen LogP contribution in [0.5, 0.6) is 0 Å². The number of hydrogen-bond donors (Lipinski definition) is 1. The molecule has 1 aliphatic rings. The van der Waals surface area contributed by atoms with Crippen molar-refractivity contribution in [3.63, 3.8) is 0 Å². The quantitative estimate of drug-likeness (QED) is 0.815. The molecule has 19 heavy (non-hydrogen) atoms. The Morgan fingerprint density at radius 3 is 2.74 bits per heavy atom. The van der Waals surface area contributed by atoms with Crippen molar-refractivity contribution in [1.29, 1.82) is 0 Å². The van der Waals surface area contributed by atoms with E-state index in [1.807, 2.05) is 25.1 Å². The van der Waals surface area contributed by atoms with Gasteiger partial charge in [-0.05, 0) is 56.2 Å². The molecule has 1 amide bonds. The highest BCUT2D eigenvalue weighted by molar-refractivity contribution is 9.10. The standard InChI is InChI=1S/C15H19BrClNO/c1-10-13(3-2-4-14(10)16)15(19)18-9-11-5-7-12(17)8-6-11/h2-4,11-12H,5-9H2,1H3,(H,18,19). The molecule has 1 saturated carbocycles. The van der Waals surface area contributed by atoms with Gasteiger partial charge in [-0.3, -0.25) is 4.79 Å². The van der Waals surface area contributed by atoms with Crippen molar-refractivity contribution in [3.8, 4) is 0 Å². The second-order valence-electron chi connectivity index (χ2n) is 5.24. The number of benzene rings is 1. The van der Waals surface area contributed by atoms with Crippen molar-refractivity contribution < 1.29 is 4.79 Å². The molecule has 1 aromatic carbocycles.